The number of rotatable bonds is 18. The Balaban J connectivity index is 0.000000210. The van der Waals surface area contributed by atoms with Crippen LogP contribution in [0.15, 0.2) is 107 Å². The van der Waals surface area contributed by atoms with E-state index in [0.717, 1.165) is 99.3 Å². The summed E-state index contributed by atoms with van der Waals surface area (Å²) in [5.74, 6) is 0.868. The van der Waals surface area contributed by atoms with Crippen molar-refractivity contribution in [1.29, 1.82) is 0 Å². The van der Waals surface area contributed by atoms with Gasteiger partial charge in [0.15, 0.2) is 0 Å². The first-order valence-corrected chi connectivity index (χ1v) is 33.3. The van der Waals surface area contributed by atoms with Crippen LogP contribution in [0.4, 0.5) is 0 Å². The number of carboxylic acids is 1. The maximum absolute atomic E-state index is 14.7. The van der Waals surface area contributed by atoms with Crippen LogP contribution in [0.3, 0.4) is 0 Å². The molecule has 2 spiro atoms. The molecule has 0 saturated heterocycles. The van der Waals surface area contributed by atoms with E-state index >= 15 is 0 Å². The largest absolute Gasteiger partial charge is 0.481 e. The molecule has 0 bridgehead atoms. The van der Waals surface area contributed by atoms with Gasteiger partial charge in [0.2, 0.25) is 0 Å². The molecule has 12 heteroatoms. The van der Waals surface area contributed by atoms with E-state index in [4.69, 9.17) is 19.8 Å². The smallest absolute Gasteiger partial charge is 0.338 e. The van der Waals surface area contributed by atoms with Gasteiger partial charge < -0.3 is 25.0 Å². The summed E-state index contributed by atoms with van der Waals surface area (Å²) in [5.41, 5.74) is 8.23. The van der Waals surface area contributed by atoms with Crippen molar-refractivity contribution in [3.63, 3.8) is 0 Å². The Morgan fingerprint density at radius 2 is 0.955 bits per heavy atom. The number of carbonyl (C=O) groups excluding carboxylic acids is 4. The summed E-state index contributed by atoms with van der Waals surface area (Å²) < 4.78 is 5.45. The number of nitrogens with one attached hydrogen (secondary N) is 1. The van der Waals surface area contributed by atoms with Gasteiger partial charge in [-0.2, -0.15) is 0 Å². The summed E-state index contributed by atoms with van der Waals surface area (Å²) >= 11 is 0. The minimum Gasteiger partial charge on any atom is -0.481 e. The van der Waals surface area contributed by atoms with Crippen molar-refractivity contribution in [2.75, 3.05) is 6.54 Å². The number of hydrogen-bond acceptors (Lipinski definition) is 8. The molecule has 2 aliphatic heterocycles. The van der Waals surface area contributed by atoms with Gasteiger partial charge in [-0.3, -0.25) is 29.2 Å². The van der Waals surface area contributed by atoms with E-state index in [1.54, 1.807) is 12.1 Å². The van der Waals surface area contributed by atoms with Crippen LogP contribution in [0.1, 0.15) is 284 Å². The number of amides is 3. The van der Waals surface area contributed by atoms with Crippen LogP contribution < -0.4 is 5.32 Å². The van der Waals surface area contributed by atoms with Gasteiger partial charge in [0.1, 0.15) is 22.7 Å². The second-order valence-electron chi connectivity index (χ2n) is 31.6. The number of hydrogen-bond donors (Lipinski definition) is 2. The zero-order valence-electron chi connectivity index (χ0n) is 55.7. The molecule has 4 saturated carbocycles. The second kappa shape index (κ2) is 26.2. The molecule has 2 atom stereocenters. The number of aliphatic imine (C=N–C) groups is 2. The highest BCUT2D eigenvalue weighted by Gasteiger charge is 2.55. The molecule has 4 fully saturated rings. The molecule has 4 aliphatic carbocycles. The van der Waals surface area contributed by atoms with Crippen molar-refractivity contribution in [2.24, 2.45) is 43.5 Å². The normalized spacial score (nSPS) is 23.2. The Morgan fingerprint density at radius 1 is 0.568 bits per heavy atom. The lowest BCUT2D eigenvalue weighted by molar-refractivity contribution is -0.137. The maximum atomic E-state index is 14.7. The number of benzene rings is 4. The average molecular weight is 1200 g/mol. The van der Waals surface area contributed by atoms with E-state index in [1.807, 2.05) is 56.3 Å². The topological polar surface area (TPSA) is 158 Å². The van der Waals surface area contributed by atoms with Crippen molar-refractivity contribution in [3.05, 3.63) is 142 Å². The first-order chi connectivity index (χ1) is 41.3. The molecular weight excluding hydrogens is 1090 g/mol. The third kappa shape index (κ3) is 15.9. The Morgan fingerprint density at radius 3 is 1.30 bits per heavy atom. The van der Waals surface area contributed by atoms with Crippen LogP contribution in [-0.2, 0) is 19.1 Å². The third-order valence-corrected chi connectivity index (χ3v) is 19.8. The number of carboxylic acid groups (broad SMARTS) is 1. The highest BCUT2D eigenvalue weighted by molar-refractivity contribution is 6.47. The van der Waals surface area contributed by atoms with E-state index in [-0.39, 0.29) is 76.5 Å². The number of aliphatic carboxylic acids is 1. The van der Waals surface area contributed by atoms with Crippen LogP contribution in [0.5, 0.6) is 0 Å². The predicted molar refractivity (Wildman–Crippen MR) is 353 cm³/mol. The first kappa shape index (κ1) is 66.0. The molecule has 3 amide bonds. The van der Waals surface area contributed by atoms with Crippen molar-refractivity contribution < 1.29 is 33.8 Å². The van der Waals surface area contributed by atoms with Gasteiger partial charge in [-0.25, -0.2) is 4.79 Å². The summed E-state index contributed by atoms with van der Waals surface area (Å²) in [5, 5.41) is 11.6. The molecule has 4 aromatic carbocycles. The summed E-state index contributed by atoms with van der Waals surface area (Å²) in [4.78, 5) is 80.8. The lowest BCUT2D eigenvalue weighted by atomic mass is 9.69. The molecule has 10 rings (SSSR count). The number of ether oxygens (including phenoxy) is 1. The van der Waals surface area contributed by atoms with E-state index in [1.165, 1.54) is 36.8 Å². The van der Waals surface area contributed by atoms with Crippen molar-refractivity contribution in [3.8, 4) is 0 Å². The van der Waals surface area contributed by atoms with Gasteiger partial charge in [-0.05, 0) is 221 Å². The van der Waals surface area contributed by atoms with Crippen molar-refractivity contribution in [2.45, 2.75) is 247 Å². The zero-order chi connectivity index (χ0) is 63.7. The van der Waals surface area contributed by atoms with E-state index in [2.05, 4.69) is 141 Å². The van der Waals surface area contributed by atoms with E-state index in [0.29, 0.717) is 46.2 Å². The molecule has 2 heterocycles. The molecule has 6 aliphatic rings. The Bertz CT molecular complexity index is 3210. The van der Waals surface area contributed by atoms with Gasteiger partial charge >= 0.3 is 11.9 Å². The fourth-order valence-corrected chi connectivity index (χ4v) is 14.2. The van der Waals surface area contributed by atoms with Crippen LogP contribution >= 0.6 is 0 Å². The van der Waals surface area contributed by atoms with Gasteiger partial charge in [-0.15, -0.1) is 0 Å². The molecule has 12 nitrogen and oxygen atoms in total. The Kier molecular flexibility index (Phi) is 19.6. The Hall–Kier alpha value is -6.43. The molecule has 0 unspecified atom stereocenters. The standard InChI is InChI=1S/C38H51N3O4.C38H52N2O3/c1-36(2,3)20-18-31(26-12-14-27(15-13-26)34(44)39-23-19-32(42)43)41-35(45)33(29-9-7-8-28(24-29)25-10-11-25)40-38(41)21-16-30(17-22-38)37(4,5)6;1-25(2)43-35(42)28-16-14-27(15-17-28)32(20-21-36(3,4)5)40-34(41)33(30-11-9-10-29(24-30)26-12-13-26)39-38(40)22-18-31(19-23-38)37(6,7)8/h7-9,12-15,24-25,30-31H,10-11,16-23H2,1-6H3,(H,39,44)(H,42,43);9-11,14-17,24-26,31-32H,12-13,18-23H2,1-8H3/t30?,31-,38?;31?,32-,38?/m11/s1. The molecule has 2 N–H and O–H groups in total. The lowest BCUT2D eigenvalue weighted by Crippen LogP contribution is -2.51. The highest BCUT2D eigenvalue weighted by atomic mass is 16.5. The number of esters is 1. The number of carbonyl (C=O) groups is 5. The quantitative estimate of drug-likeness (QED) is 0.0939. The molecule has 474 valence electrons. The summed E-state index contributed by atoms with van der Waals surface area (Å²) in [6.45, 7) is 31.2. The average Bonchev–Trinajstić information content (AvgIpc) is 1.72. The summed E-state index contributed by atoms with van der Waals surface area (Å²) in [6.07, 6.45) is 15.6. The van der Waals surface area contributed by atoms with Crippen LogP contribution in [0.2, 0.25) is 0 Å². The SMILES string of the molecule is CC(C)(C)CC[C@H](c1ccc(C(=O)NCCC(=O)O)cc1)N1C(=O)C(c2cccc(C3CC3)c2)=NC12CCC(C(C)(C)C)CC2.CC(C)OC(=O)c1ccc([C@@H](CCC(C)(C)C)N2C(=O)C(c3cccc(C4CC4)c3)=NC23CCC(C(C)(C)C)CC3)cc1. The Labute approximate surface area is 526 Å². The van der Waals surface area contributed by atoms with Gasteiger partial charge in [-0.1, -0.05) is 144 Å². The highest BCUT2D eigenvalue weighted by Crippen LogP contribution is 2.53. The fraction of sp³-hybridized carbons (Fsp3) is 0.592. The molecule has 4 aromatic rings. The van der Waals surface area contributed by atoms with E-state index in [9.17, 15) is 24.0 Å². The molecule has 88 heavy (non-hydrogen) atoms. The monoisotopic (exact) mass is 1200 g/mol. The minimum absolute atomic E-state index is 0.00607. The first-order valence-electron chi connectivity index (χ1n) is 33.3. The summed E-state index contributed by atoms with van der Waals surface area (Å²) in [6, 6.07) is 32.0. The summed E-state index contributed by atoms with van der Waals surface area (Å²) in [7, 11) is 0. The maximum Gasteiger partial charge on any atom is 0.338 e. The van der Waals surface area contributed by atoms with Gasteiger partial charge in [0.25, 0.3) is 17.7 Å². The van der Waals surface area contributed by atoms with Crippen LogP contribution in [-0.4, -0.2) is 80.0 Å². The van der Waals surface area contributed by atoms with Crippen molar-refractivity contribution in [1.82, 2.24) is 15.1 Å². The van der Waals surface area contributed by atoms with Crippen molar-refractivity contribution >= 4 is 41.1 Å². The van der Waals surface area contributed by atoms with Gasteiger partial charge in [0.05, 0.1) is 30.2 Å². The minimum atomic E-state index is -0.950. The predicted octanol–water partition coefficient (Wildman–Crippen LogP) is 17.2. The molecule has 0 radical (unpaired) electrons. The molecule has 0 aromatic heterocycles. The fourth-order valence-electron chi connectivity index (χ4n) is 14.2. The van der Waals surface area contributed by atoms with Crippen LogP contribution in [0, 0.1) is 33.5 Å². The number of nitrogens with zero attached hydrogens (tertiary/aromatic N) is 4. The zero-order valence-corrected chi connectivity index (χ0v) is 55.7. The second-order valence-corrected chi connectivity index (χ2v) is 31.6. The van der Waals surface area contributed by atoms with E-state index < -0.39 is 17.3 Å². The van der Waals surface area contributed by atoms with Gasteiger partial charge in [0, 0.05) is 23.2 Å². The lowest BCUT2D eigenvalue weighted by Gasteiger charge is -2.47. The molecular formula is C76H103N5O7. The third-order valence-electron chi connectivity index (χ3n) is 19.8. The van der Waals surface area contributed by atoms with Crippen LogP contribution in [0.25, 0.3) is 0 Å².